The Bertz CT molecular complexity index is 182. The summed E-state index contributed by atoms with van der Waals surface area (Å²) < 4.78 is 4.98. The molecule has 0 aromatic rings. The fourth-order valence-electron chi connectivity index (χ4n) is 1.41. The normalized spacial score (nSPS) is 17.2. The maximum atomic E-state index is 11.6. The minimum atomic E-state index is -0.786. The van der Waals surface area contributed by atoms with Gasteiger partial charge in [-0.2, -0.15) is 0 Å². The van der Waals surface area contributed by atoms with Crippen LogP contribution >= 0.6 is 0 Å². The fourth-order valence-corrected chi connectivity index (χ4v) is 1.41. The van der Waals surface area contributed by atoms with Crippen LogP contribution in [0, 0.1) is 5.92 Å². The Labute approximate surface area is 87.0 Å². The van der Waals surface area contributed by atoms with E-state index in [9.17, 15) is 4.79 Å². The van der Waals surface area contributed by atoms with Crippen LogP contribution in [-0.2, 0) is 9.53 Å². The first-order valence-corrected chi connectivity index (χ1v) is 5.46. The minimum Gasteiger partial charge on any atom is -0.465 e. The molecule has 2 unspecified atom stereocenters. The third-order valence-electron chi connectivity index (χ3n) is 2.72. The largest absolute Gasteiger partial charge is 0.465 e. The van der Waals surface area contributed by atoms with E-state index in [1.54, 1.807) is 6.92 Å². The van der Waals surface area contributed by atoms with Crippen LogP contribution in [0.2, 0.25) is 0 Å². The molecule has 84 valence electrons. The molecule has 0 aromatic carbocycles. The second kappa shape index (κ2) is 6.02. The van der Waals surface area contributed by atoms with Gasteiger partial charge in [0, 0.05) is 0 Å². The topological polar surface area (TPSA) is 52.3 Å². The maximum absolute atomic E-state index is 11.6. The number of hydrogen-bond donors (Lipinski definition) is 1. The third kappa shape index (κ3) is 3.66. The molecule has 0 aromatic heterocycles. The number of nitrogens with two attached hydrogens (primary N) is 1. The zero-order valence-electron chi connectivity index (χ0n) is 9.80. The van der Waals surface area contributed by atoms with E-state index < -0.39 is 5.54 Å². The predicted octanol–water partition coefficient (Wildman–Crippen LogP) is 2.09. The van der Waals surface area contributed by atoms with Crippen molar-refractivity contribution in [3.63, 3.8) is 0 Å². The Kier molecular flexibility index (Phi) is 5.77. The standard InChI is InChI=1S/C11H23NO2/c1-5-9(4)8-11(12,6-2)10(13)14-7-3/h9H,5-8,12H2,1-4H3. The van der Waals surface area contributed by atoms with E-state index in [1.807, 2.05) is 6.92 Å². The molecule has 0 aliphatic rings. The lowest BCUT2D eigenvalue weighted by Gasteiger charge is -2.28. The molecule has 0 rings (SSSR count). The summed E-state index contributed by atoms with van der Waals surface area (Å²) in [6, 6.07) is 0. The molecule has 0 aliphatic heterocycles. The molecular weight excluding hydrogens is 178 g/mol. The van der Waals surface area contributed by atoms with Gasteiger partial charge >= 0.3 is 5.97 Å². The number of carbonyl (C=O) groups excluding carboxylic acids is 1. The SMILES string of the molecule is CCOC(=O)C(N)(CC)CC(C)CC. The molecule has 0 saturated carbocycles. The van der Waals surface area contributed by atoms with Gasteiger partial charge in [0.25, 0.3) is 0 Å². The molecule has 0 saturated heterocycles. The van der Waals surface area contributed by atoms with Gasteiger partial charge in [0.05, 0.1) is 6.61 Å². The average Bonchev–Trinajstić information content (AvgIpc) is 2.17. The second-order valence-corrected chi connectivity index (χ2v) is 3.95. The lowest BCUT2D eigenvalue weighted by Crippen LogP contribution is -2.49. The van der Waals surface area contributed by atoms with Crippen LogP contribution in [0.4, 0.5) is 0 Å². The van der Waals surface area contributed by atoms with Crippen molar-refractivity contribution in [3.8, 4) is 0 Å². The molecule has 0 bridgehead atoms. The Morgan fingerprint density at radius 3 is 2.36 bits per heavy atom. The van der Waals surface area contributed by atoms with E-state index in [2.05, 4.69) is 13.8 Å². The average molecular weight is 201 g/mol. The van der Waals surface area contributed by atoms with Gasteiger partial charge < -0.3 is 10.5 Å². The van der Waals surface area contributed by atoms with E-state index in [0.29, 0.717) is 25.4 Å². The summed E-state index contributed by atoms with van der Waals surface area (Å²) in [6.45, 7) is 8.34. The van der Waals surface area contributed by atoms with Crippen LogP contribution in [0.15, 0.2) is 0 Å². The number of rotatable bonds is 6. The molecular formula is C11H23NO2. The summed E-state index contributed by atoms with van der Waals surface area (Å²) in [4.78, 5) is 11.6. The maximum Gasteiger partial charge on any atom is 0.326 e. The first-order chi connectivity index (χ1) is 6.50. The van der Waals surface area contributed by atoms with Gasteiger partial charge in [-0.25, -0.2) is 0 Å². The van der Waals surface area contributed by atoms with Gasteiger partial charge in [-0.1, -0.05) is 27.2 Å². The van der Waals surface area contributed by atoms with E-state index in [0.717, 1.165) is 6.42 Å². The van der Waals surface area contributed by atoms with Crippen molar-refractivity contribution in [2.45, 2.75) is 52.5 Å². The highest BCUT2D eigenvalue weighted by atomic mass is 16.5. The molecule has 2 atom stereocenters. The second-order valence-electron chi connectivity index (χ2n) is 3.95. The summed E-state index contributed by atoms with van der Waals surface area (Å²) >= 11 is 0. The third-order valence-corrected chi connectivity index (χ3v) is 2.72. The highest BCUT2D eigenvalue weighted by molar-refractivity contribution is 5.80. The van der Waals surface area contributed by atoms with E-state index in [1.165, 1.54) is 0 Å². The highest BCUT2D eigenvalue weighted by Crippen LogP contribution is 2.21. The van der Waals surface area contributed by atoms with Crippen LogP contribution in [0.5, 0.6) is 0 Å². The summed E-state index contributed by atoms with van der Waals surface area (Å²) in [5, 5.41) is 0. The number of esters is 1. The van der Waals surface area contributed by atoms with Gasteiger partial charge in [0.1, 0.15) is 5.54 Å². The smallest absolute Gasteiger partial charge is 0.326 e. The van der Waals surface area contributed by atoms with Crippen LogP contribution in [-0.4, -0.2) is 18.1 Å². The zero-order valence-corrected chi connectivity index (χ0v) is 9.80. The van der Waals surface area contributed by atoms with Crippen LogP contribution in [0.25, 0.3) is 0 Å². The fraction of sp³-hybridized carbons (Fsp3) is 0.909. The quantitative estimate of drug-likeness (QED) is 0.669. The van der Waals surface area contributed by atoms with E-state index in [4.69, 9.17) is 10.5 Å². The molecule has 0 fully saturated rings. The molecule has 3 heteroatoms. The van der Waals surface area contributed by atoms with E-state index in [-0.39, 0.29) is 5.97 Å². The molecule has 2 N–H and O–H groups in total. The lowest BCUT2D eigenvalue weighted by atomic mass is 9.85. The van der Waals surface area contributed by atoms with Gasteiger partial charge in [-0.3, -0.25) is 4.79 Å². The zero-order chi connectivity index (χ0) is 11.2. The van der Waals surface area contributed by atoms with Crippen molar-refractivity contribution in [1.82, 2.24) is 0 Å². The van der Waals surface area contributed by atoms with Gasteiger partial charge in [0.15, 0.2) is 0 Å². The monoisotopic (exact) mass is 201 g/mol. The molecule has 0 radical (unpaired) electrons. The van der Waals surface area contributed by atoms with Gasteiger partial charge in [0.2, 0.25) is 0 Å². The lowest BCUT2D eigenvalue weighted by molar-refractivity contribution is -0.150. The molecule has 14 heavy (non-hydrogen) atoms. The molecule has 0 aliphatic carbocycles. The highest BCUT2D eigenvalue weighted by Gasteiger charge is 2.34. The van der Waals surface area contributed by atoms with Crippen LogP contribution in [0.3, 0.4) is 0 Å². The predicted molar refractivity (Wildman–Crippen MR) is 57.9 cm³/mol. The summed E-state index contributed by atoms with van der Waals surface area (Å²) in [5.41, 5.74) is 5.24. The van der Waals surface area contributed by atoms with Crippen molar-refractivity contribution in [2.24, 2.45) is 11.7 Å². The molecule has 3 nitrogen and oxygen atoms in total. The first kappa shape index (κ1) is 13.4. The van der Waals surface area contributed by atoms with Gasteiger partial charge in [-0.05, 0) is 25.7 Å². The van der Waals surface area contributed by atoms with Crippen molar-refractivity contribution < 1.29 is 9.53 Å². The summed E-state index contributed by atoms with van der Waals surface area (Å²) in [5.74, 6) is 0.201. The van der Waals surface area contributed by atoms with Crippen molar-refractivity contribution in [3.05, 3.63) is 0 Å². The number of hydrogen-bond acceptors (Lipinski definition) is 3. The molecule has 0 heterocycles. The van der Waals surface area contributed by atoms with Gasteiger partial charge in [-0.15, -0.1) is 0 Å². The first-order valence-electron chi connectivity index (χ1n) is 5.46. The molecule has 0 amide bonds. The minimum absolute atomic E-state index is 0.261. The number of carbonyl (C=O) groups is 1. The van der Waals surface area contributed by atoms with Crippen molar-refractivity contribution in [2.75, 3.05) is 6.61 Å². The summed E-state index contributed by atoms with van der Waals surface area (Å²) in [6.07, 6.45) is 2.38. The van der Waals surface area contributed by atoms with E-state index >= 15 is 0 Å². The Morgan fingerprint density at radius 2 is 2.00 bits per heavy atom. The van der Waals surface area contributed by atoms with Crippen LogP contribution < -0.4 is 5.73 Å². The van der Waals surface area contributed by atoms with Crippen molar-refractivity contribution in [1.29, 1.82) is 0 Å². The van der Waals surface area contributed by atoms with Crippen LogP contribution in [0.1, 0.15) is 47.0 Å². The number of ether oxygens (including phenoxy) is 1. The Balaban J connectivity index is 4.37. The summed E-state index contributed by atoms with van der Waals surface area (Å²) in [7, 11) is 0. The Hall–Kier alpha value is -0.570. The van der Waals surface area contributed by atoms with Crippen molar-refractivity contribution >= 4 is 5.97 Å². The Morgan fingerprint density at radius 1 is 1.43 bits per heavy atom. The molecule has 0 spiro atoms.